The lowest BCUT2D eigenvalue weighted by Gasteiger charge is -2.33. The van der Waals surface area contributed by atoms with Crippen molar-refractivity contribution in [3.8, 4) is 0 Å². The second kappa shape index (κ2) is 5.57. The number of nitro benzene ring substituents is 1. The molecule has 1 aromatic carbocycles. The highest BCUT2D eigenvalue weighted by Crippen LogP contribution is 2.60. The molecule has 0 aromatic heterocycles. The van der Waals surface area contributed by atoms with Gasteiger partial charge in [-0.1, -0.05) is 5.22 Å². The van der Waals surface area contributed by atoms with Crippen LogP contribution in [0.5, 0.6) is 0 Å². The summed E-state index contributed by atoms with van der Waals surface area (Å²) in [4.78, 5) is 47.7. The lowest BCUT2D eigenvalue weighted by Crippen LogP contribution is -2.47. The maximum absolute atomic E-state index is 12.8. The number of rotatable bonds is 4. The zero-order valence-corrected chi connectivity index (χ0v) is 14.4. The third-order valence-electron chi connectivity index (χ3n) is 6.37. The van der Waals surface area contributed by atoms with Crippen LogP contribution in [0.2, 0.25) is 0 Å². The number of aliphatic carboxylic acids is 1. The zero-order valence-electron chi connectivity index (χ0n) is 14.4. The van der Waals surface area contributed by atoms with E-state index in [0.717, 1.165) is 4.90 Å². The van der Waals surface area contributed by atoms with Crippen LogP contribution in [0.15, 0.2) is 34.6 Å². The van der Waals surface area contributed by atoms with Crippen molar-refractivity contribution < 1.29 is 24.4 Å². The maximum atomic E-state index is 12.8. The summed E-state index contributed by atoms with van der Waals surface area (Å²) in [6, 6.07) is 5.47. The molecule has 1 aromatic rings. The molecule has 3 fully saturated rings. The molecule has 2 heterocycles. The summed E-state index contributed by atoms with van der Waals surface area (Å²) >= 11 is 0. The van der Waals surface area contributed by atoms with Gasteiger partial charge in [-0.15, -0.1) is 0 Å². The van der Waals surface area contributed by atoms with Crippen LogP contribution in [0.4, 0.5) is 11.4 Å². The zero-order chi connectivity index (χ0) is 19.7. The third-order valence-corrected chi connectivity index (χ3v) is 6.37. The Morgan fingerprint density at radius 2 is 1.82 bits per heavy atom. The van der Waals surface area contributed by atoms with Crippen LogP contribution in [-0.2, 0) is 14.4 Å². The molecule has 6 atom stereocenters. The predicted molar refractivity (Wildman–Crippen MR) is 90.9 cm³/mol. The molecule has 0 spiro atoms. The van der Waals surface area contributed by atoms with Crippen molar-refractivity contribution >= 4 is 29.2 Å². The number of carbonyl (C=O) groups is 3. The van der Waals surface area contributed by atoms with E-state index >= 15 is 0 Å². The molecule has 2 aliphatic heterocycles. The number of carboxylic acid groups (broad SMARTS) is 1. The molecule has 11 nitrogen and oxygen atoms in total. The van der Waals surface area contributed by atoms with E-state index in [9.17, 15) is 24.5 Å². The first-order chi connectivity index (χ1) is 13.4. The van der Waals surface area contributed by atoms with Gasteiger partial charge in [0.05, 0.1) is 34.5 Å². The topological polar surface area (TPSA) is 146 Å². The second-order valence-corrected chi connectivity index (χ2v) is 7.58. The van der Waals surface area contributed by atoms with E-state index in [1.807, 2.05) is 0 Å². The molecule has 144 valence electrons. The van der Waals surface area contributed by atoms with E-state index < -0.39 is 41.1 Å². The van der Waals surface area contributed by atoms with Gasteiger partial charge in [-0.2, -0.15) is 5.11 Å². The van der Waals surface area contributed by atoms with Gasteiger partial charge in [0.2, 0.25) is 11.8 Å². The summed E-state index contributed by atoms with van der Waals surface area (Å²) in [5, 5.41) is 30.1. The number of hydrogen-bond donors (Lipinski definition) is 1. The number of amides is 2. The molecule has 1 saturated heterocycles. The van der Waals surface area contributed by atoms with Gasteiger partial charge in [0.25, 0.3) is 5.69 Å². The fraction of sp³-hybridized carbons (Fsp3) is 0.471. The van der Waals surface area contributed by atoms with E-state index in [1.165, 1.54) is 12.1 Å². The first-order valence-electron chi connectivity index (χ1n) is 8.90. The minimum Gasteiger partial charge on any atom is -0.480 e. The molecule has 2 bridgehead atoms. The van der Waals surface area contributed by atoms with Crippen LogP contribution in [0, 0.1) is 33.8 Å². The van der Waals surface area contributed by atoms with E-state index in [2.05, 4.69) is 10.3 Å². The number of hydrogen-bond acceptors (Lipinski definition) is 8. The highest BCUT2D eigenvalue weighted by atomic mass is 16.6. The minimum atomic E-state index is -1.22. The van der Waals surface area contributed by atoms with Gasteiger partial charge in [-0.05, 0) is 30.4 Å². The fourth-order valence-corrected chi connectivity index (χ4v) is 5.39. The predicted octanol–water partition coefficient (Wildman–Crippen LogP) is 0.855. The summed E-state index contributed by atoms with van der Waals surface area (Å²) < 4.78 is 0. The Morgan fingerprint density at radius 3 is 2.43 bits per heavy atom. The molecular weight excluding hydrogens is 370 g/mol. The second-order valence-electron chi connectivity index (χ2n) is 7.58. The molecule has 4 aliphatic rings. The van der Waals surface area contributed by atoms with Gasteiger partial charge in [-0.25, -0.2) is 5.01 Å². The number of benzene rings is 1. The quantitative estimate of drug-likeness (QED) is 0.459. The van der Waals surface area contributed by atoms with Crippen molar-refractivity contribution in [3.63, 3.8) is 0 Å². The van der Waals surface area contributed by atoms with Crippen LogP contribution in [0.25, 0.3) is 0 Å². The van der Waals surface area contributed by atoms with Crippen molar-refractivity contribution in [1.29, 1.82) is 0 Å². The van der Waals surface area contributed by atoms with Crippen LogP contribution >= 0.6 is 0 Å². The van der Waals surface area contributed by atoms with Gasteiger partial charge in [0.1, 0.15) is 6.54 Å². The van der Waals surface area contributed by atoms with Crippen LogP contribution in [0.3, 0.4) is 0 Å². The summed E-state index contributed by atoms with van der Waals surface area (Å²) in [5.41, 5.74) is 0.593. The molecule has 0 unspecified atom stereocenters. The molecule has 1 N–H and O–H groups in total. The summed E-state index contributed by atoms with van der Waals surface area (Å²) in [7, 11) is 0. The fourth-order valence-electron chi connectivity index (χ4n) is 5.39. The molecule has 0 radical (unpaired) electrons. The summed E-state index contributed by atoms with van der Waals surface area (Å²) in [6.07, 6.45) is 0.658. The lowest BCUT2D eigenvalue weighted by atomic mass is 9.76. The first kappa shape index (κ1) is 16.8. The highest BCUT2D eigenvalue weighted by molar-refractivity contribution is 6.08. The highest BCUT2D eigenvalue weighted by Gasteiger charge is 2.70. The monoisotopic (exact) mass is 385 g/mol. The van der Waals surface area contributed by atoms with E-state index in [4.69, 9.17) is 5.11 Å². The van der Waals surface area contributed by atoms with Crippen molar-refractivity contribution in [3.05, 3.63) is 34.4 Å². The van der Waals surface area contributed by atoms with Gasteiger partial charge >= 0.3 is 5.97 Å². The van der Waals surface area contributed by atoms with Gasteiger partial charge in [-0.3, -0.25) is 29.4 Å². The van der Waals surface area contributed by atoms with Crippen molar-refractivity contribution in [2.24, 2.45) is 34.0 Å². The molecule has 28 heavy (non-hydrogen) atoms. The lowest BCUT2D eigenvalue weighted by molar-refractivity contribution is -0.384. The number of fused-ring (bicyclic) bond motifs is 8. The number of likely N-dealkylation sites (tertiary alicyclic amines) is 1. The Kier molecular flexibility index (Phi) is 3.33. The standard InChI is InChI=1S/C17H15N5O6/c23-11(24)6-20-16(25)12-9-5-10(13(12)17(20)26)15-14(9)18-19-21(15)7-1-3-8(4-2-7)22(27)28/h1-4,9-10,12-15H,5-6H2,(H,23,24)/t9-,10+,12-,13+,14+,15-/m1/s1. The van der Waals surface area contributed by atoms with E-state index in [0.29, 0.717) is 12.1 Å². The SMILES string of the molecule is O=C(O)CN1C(=O)[C@@H]2[C@H]3C[C@@H]([C@@H]2C1=O)[C@@H]1[C@H]3N=NN1c1ccc([N+](=O)[O-])cc1. The molecule has 2 saturated carbocycles. The smallest absolute Gasteiger partial charge is 0.323 e. The molecule has 2 amide bonds. The Morgan fingerprint density at radius 1 is 1.18 bits per heavy atom. The van der Waals surface area contributed by atoms with Crippen molar-refractivity contribution in [2.45, 2.75) is 18.5 Å². The maximum Gasteiger partial charge on any atom is 0.323 e. The van der Waals surface area contributed by atoms with Gasteiger partial charge in [0.15, 0.2) is 0 Å². The number of nitrogens with zero attached hydrogens (tertiary/aromatic N) is 5. The van der Waals surface area contributed by atoms with Gasteiger partial charge in [0, 0.05) is 12.1 Å². The summed E-state index contributed by atoms with van der Waals surface area (Å²) in [6.45, 7) is -0.618. The number of imide groups is 1. The Balaban J connectivity index is 1.44. The van der Waals surface area contributed by atoms with Crippen molar-refractivity contribution in [2.75, 3.05) is 11.6 Å². The number of carbonyl (C=O) groups excluding carboxylic acids is 2. The average Bonchev–Trinajstić information content (AvgIpc) is 3.38. The number of non-ortho nitro benzene ring substituents is 1. The third kappa shape index (κ3) is 2.06. The Bertz CT molecular complexity index is 946. The Labute approximate surface area is 157 Å². The number of nitro groups is 1. The van der Waals surface area contributed by atoms with E-state index in [1.54, 1.807) is 17.1 Å². The van der Waals surface area contributed by atoms with Crippen molar-refractivity contribution in [1.82, 2.24) is 4.90 Å². The molecule has 11 heteroatoms. The first-order valence-corrected chi connectivity index (χ1v) is 8.90. The molecule has 5 rings (SSSR count). The molecular formula is C17H15N5O6. The number of anilines is 1. The Hall–Kier alpha value is -3.37. The largest absolute Gasteiger partial charge is 0.480 e. The number of carboxylic acids is 1. The van der Waals surface area contributed by atoms with E-state index in [-0.39, 0.29) is 29.6 Å². The minimum absolute atomic E-state index is 0.0367. The van der Waals surface area contributed by atoms with Crippen LogP contribution in [-0.4, -0.2) is 51.3 Å². The van der Waals surface area contributed by atoms with Gasteiger partial charge < -0.3 is 5.11 Å². The summed E-state index contributed by atoms with van der Waals surface area (Å²) in [5.74, 6) is -3.48. The normalized spacial score (nSPS) is 34.9. The van der Waals surface area contributed by atoms with Crippen LogP contribution in [0.1, 0.15) is 6.42 Å². The van der Waals surface area contributed by atoms with Crippen LogP contribution < -0.4 is 5.01 Å². The molecule has 2 aliphatic carbocycles. The average molecular weight is 385 g/mol.